The zero-order valence-corrected chi connectivity index (χ0v) is 10.1. The summed E-state index contributed by atoms with van der Waals surface area (Å²) in [6, 6.07) is 14.9. The number of H-pyrrole nitrogens is 1. The van der Waals surface area contributed by atoms with Crippen molar-refractivity contribution in [1.82, 2.24) is 15.4 Å². The second-order valence-electron chi connectivity index (χ2n) is 4.12. The molecule has 1 heterocycles. The van der Waals surface area contributed by atoms with Gasteiger partial charge in [0.1, 0.15) is 5.82 Å². The van der Waals surface area contributed by atoms with Crippen molar-refractivity contribution in [1.29, 1.82) is 0 Å². The summed E-state index contributed by atoms with van der Waals surface area (Å²) in [4.78, 5) is 19.4. The summed E-state index contributed by atoms with van der Waals surface area (Å²) in [5, 5.41) is 0. The van der Waals surface area contributed by atoms with E-state index in [1.807, 2.05) is 36.4 Å². The molecule has 3 aromatic rings. The lowest BCUT2D eigenvalue weighted by Gasteiger charge is -2.05. The largest absolute Gasteiger partial charge is 0.338 e. The summed E-state index contributed by atoms with van der Waals surface area (Å²) in [6.45, 7) is 0. The number of rotatable bonds is 2. The highest BCUT2D eigenvalue weighted by atomic mass is 16.2. The Bertz CT molecular complexity index is 715. The van der Waals surface area contributed by atoms with E-state index in [1.54, 1.807) is 12.1 Å². The van der Waals surface area contributed by atoms with Crippen LogP contribution >= 0.6 is 0 Å². The van der Waals surface area contributed by atoms with Crippen LogP contribution in [-0.2, 0) is 0 Å². The van der Waals surface area contributed by atoms with Gasteiger partial charge in [0, 0.05) is 5.56 Å². The number of para-hydroxylation sites is 2. The first-order chi connectivity index (χ1) is 9.29. The van der Waals surface area contributed by atoms with Gasteiger partial charge in [0.25, 0.3) is 5.91 Å². The van der Waals surface area contributed by atoms with Gasteiger partial charge in [-0.2, -0.15) is 0 Å². The second kappa shape index (κ2) is 4.55. The van der Waals surface area contributed by atoms with Gasteiger partial charge in [0.15, 0.2) is 0 Å². The zero-order valence-electron chi connectivity index (χ0n) is 10.1. The third-order valence-corrected chi connectivity index (χ3v) is 2.95. The van der Waals surface area contributed by atoms with Gasteiger partial charge >= 0.3 is 0 Å². The van der Waals surface area contributed by atoms with Crippen LogP contribution in [0.1, 0.15) is 10.4 Å². The van der Waals surface area contributed by atoms with Crippen molar-refractivity contribution < 1.29 is 4.79 Å². The first-order valence-corrected chi connectivity index (χ1v) is 5.84. The molecule has 19 heavy (non-hydrogen) atoms. The predicted molar refractivity (Wildman–Crippen MR) is 73.2 cm³/mol. The smallest absolute Gasteiger partial charge is 0.265 e. The number of aromatic nitrogens is 2. The summed E-state index contributed by atoms with van der Waals surface area (Å²) in [7, 11) is 0. The second-order valence-corrected chi connectivity index (χ2v) is 4.12. The molecule has 4 N–H and O–H groups in total. The van der Waals surface area contributed by atoms with Gasteiger partial charge in [-0.15, -0.1) is 0 Å². The van der Waals surface area contributed by atoms with Crippen molar-refractivity contribution in [2.75, 3.05) is 0 Å². The van der Waals surface area contributed by atoms with E-state index in [0.29, 0.717) is 11.4 Å². The third kappa shape index (κ3) is 1.96. The number of hydrogen-bond donors (Lipinski definition) is 3. The number of nitrogens with zero attached hydrogens (tertiary/aromatic N) is 1. The van der Waals surface area contributed by atoms with Crippen LogP contribution in [0.15, 0.2) is 48.5 Å². The SMILES string of the molecule is NNC(=O)c1ccccc1-c1nc2ccccc2[nH]1. The van der Waals surface area contributed by atoms with Gasteiger partial charge in [0.2, 0.25) is 0 Å². The normalized spacial score (nSPS) is 10.6. The van der Waals surface area contributed by atoms with Crippen LogP contribution in [0.4, 0.5) is 0 Å². The molecule has 0 aliphatic heterocycles. The molecule has 0 bridgehead atoms. The maximum absolute atomic E-state index is 11.7. The van der Waals surface area contributed by atoms with Crippen LogP contribution < -0.4 is 11.3 Å². The molecule has 1 amide bonds. The molecule has 0 saturated heterocycles. The average molecular weight is 252 g/mol. The van der Waals surface area contributed by atoms with Gasteiger partial charge in [-0.05, 0) is 18.2 Å². The summed E-state index contributed by atoms with van der Waals surface area (Å²) in [6.07, 6.45) is 0. The number of benzene rings is 2. The monoisotopic (exact) mass is 252 g/mol. The van der Waals surface area contributed by atoms with Crippen molar-refractivity contribution in [3.63, 3.8) is 0 Å². The first-order valence-electron chi connectivity index (χ1n) is 5.84. The van der Waals surface area contributed by atoms with Crippen molar-refractivity contribution in [2.45, 2.75) is 0 Å². The maximum Gasteiger partial charge on any atom is 0.265 e. The highest BCUT2D eigenvalue weighted by molar-refractivity contribution is 6.00. The number of nitrogens with two attached hydrogens (primary N) is 1. The van der Waals surface area contributed by atoms with E-state index < -0.39 is 0 Å². The Hall–Kier alpha value is -2.66. The summed E-state index contributed by atoms with van der Waals surface area (Å²) < 4.78 is 0. The lowest BCUT2D eigenvalue weighted by molar-refractivity contribution is 0.0954. The Morgan fingerprint density at radius 1 is 1.11 bits per heavy atom. The molecule has 0 spiro atoms. The highest BCUT2D eigenvalue weighted by Crippen LogP contribution is 2.23. The summed E-state index contributed by atoms with van der Waals surface area (Å²) in [5.74, 6) is 5.51. The standard InChI is InChI=1S/C14H12N4O/c15-18-14(19)10-6-2-1-5-9(10)13-16-11-7-3-4-8-12(11)17-13/h1-8H,15H2,(H,16,17)(H,18,19). The fraction of sp³-hybridized carbons (Fsp3) is 0. The van der Waals surface area contributed by atoms with Crippen molar-refractivity contribution >= 4 is 16.9 Å². The van der Waals surface area contributed by atoms with Crippen molar-refractivity contribution in [3.05, 3.63) is 54.1 Å². The van der Waals surface area contributed by atoms with Gasteiger partial charge in [-0.1, -0.05) is 30.3 Å². The van der Waals surface area contributed by atoms with E-state index in [9.17, 15) is 4.79 Å². The Kier molecular flexibility index (Phi) is 2.74. The van der Waals surface area contributed by atoms with E-state index in [-0.39, 0.29) is 5.91 Å². The topological polar surface area (TPSA) is 83.8 Å². The molecule has 0 aliphatic rings. The Labute approximate surface area is 109 Å². The first kappa shape index (κ1) is 11.4. The minimum Gasteiger partial charge on any atom is -0.338 e. The molecule has 0 atom stereocenters. The predicted octanol–water partition coefficient (Wildman–Crippen LogP) is 1.83. The summed E-state index contributed by atoms with van der Waals surface area (Å²) in [5.41, 5.74) is 5.15. The Morgan fingerprint density at radius 3 is 2.63 bits per heavy atom. The fourth-order valence-corrected chi connectivity index (χ4v) is 2.05. The molecule has 0 radical (unpaired) electrons. The van der Waals surface area contributed by atoms with Crippen LogP contribution in [0.25, 0.3) is 22.4 Å². The number of imidazole rings is 1. The van der Waals surface area contributed by atoms with Crippen molar-refractivity contribution in [3.8, 4) is 11.4 Å². The van der Waals surface area contributed by atoms with Crippen LogP contribution in [-0.4, -0.2) is 15.9 Å². The average Bonchev–Trinajstić information content (AvgIpc) is 2.90. The third-order valence-electron chi connectivity index (χ3n) is 2.95. The number of hydrogen-bond acceptors (Lipinski definition) is 3. The number of fused-ring (bicyclic) bond motifs is 1. The molecule has 94 valence electrons. The molecule has 0 fully saturated rings. The van der Waals surface area contributed by atoms with E-state index in [0.717, 1.165) is 16.6 Å². The van der Waals surface area contributed by atoms with Crippen LogP contribution in [0.2, 0.25) is 0 Å². The maximum atomic E-state index is 11.7. The quantitative estimate of drug-likeness (QED) is 0.369. The Morgan fingerprint density at radius 2 is 1.84 bits per heavy atom. The number of nitrogens with one attached hydrogen (secondary N) is 2. The molecule has 3 rings (SSSR count). The number of carbonyl (C=O) groups excluding carboxylic acids is 1. The van der Waals surface area contributed by atoms with Gasteiger partial charge in [-0.25, -0.2) is 10.8 Å². The molecular formula is C14H12N4O. The molecule has 5 heteroatoms. The highest BCUT2D eigenvalue weighted by Gasteiger charge is 2.13. The molecule has 1 aromatic heterocycles. The molecule has 0 unspecified atom stereocenters. The number of amides is 1. The molecule has 0 aliphatic carbocycles. The van der Waals surface area contributed by atoms with Gasteiger partial charge in [0.05, 0.1) is 16.6 Å². The van der Waals surface area contributed by atoms with Gasteiger partial charge in [-0.3, -0.25) is 10.2 Å². The molecule has 2 aromatic carbocycles. The van der Waals surface area contributed by atoms with E-state index in [2.05, 4.69) is 15.4 Å². The van der Waals surface area contributed by atoms with Crippen LogP contribution in [0.5, 0.6) is 0 Å². The molecule has 5 nitrogen and oxygen atoms in total. The van der Waals surface area contributed by atoms with Crippen LogP contribution in [0, 0.1) is 0 Å². The van der Waals surface area contributed by atoms with Crippen LogP contribution in [0.3, 0.4) is 0 Å². The van der Waals surface area contributed by atoms with E-state index in [1.165, 1.54) is 0 Å². The minimum atomic E-state index is -0.337. The summed E-state index contributed by atoms with van der Waals surface area (Å²) >= 11 is 0. The van der Waals surface area contributed by atoms with Gasteiger partial charge < -0.3 is 4.98 Å². The number of hydrazine groups is 1. The van der Waals surface area contributed by atoms with E-state index in [4.69, 9.17) is 5.84 Å². The lowest BCUT2D eigenvalue weighted by Crippen LogP contribution is -2.30. The molecular weight excluding hydrogens is 240 g/mol. The minimum absolute atomic E-state index is 0.337. The zero-order chi connectivity index (χ0) is 13.2. The number of aromatic amines is 1. The Balaban J connectivity index is 2.18. The number of nitrogen functional groups attached to an aromatic ring is 1. The van der Waals surface area contributed by atoms with Crippen molar-refractivity contribution in [2.24, 2.45) is 5.84 Å². The molecule has 0 saturated carbocycles. The fourth-order valence-electron chi connectivity index (χ4n) is 2.05. The number of carbonyl (C=O) groups is 1. The van der Waals surface area contributed by atoms with E-state index >= 15 is 0 Å². The lowest BCUT2D eigenvalue weighted by atomic mass is 10.1.